The van der Waals surface area contributed by atoms with Crippen LogP contribution >= 0.6 is 0 Å². The number of nitriles is 1. The molecule has 0 spiro atoms. The molecule has 0 aliphatic rings. The lowest BCUT2D eigenvalue weighted by Crippen LogP contribution is -2.12. The molecule has 3 aromatic rings. The molecule has 3 rings (SSSR count). The SMILES string of the molecule is N#Cc1ccc(C(=O)Nc2ccn(Cc3ccncc3)n2)cc1. The number of pyridine rings is 1. The minimum Gasteiger partial charge on any atom is -0.305 e. The molecule has 0 bridgehead atoms. The summed E-state index contributed by atoms with van der Waals surface area (Å²) in [7, 11) is 0. The van der Waals surface area contributed by atoms with Crippen molar-refractivity contribution in [3.8, 4) is 6.07 Å². The Balaban J connectivity index is 1.66. The highest BCUT2D eigenvalue weighted by Crippen LogP contribution is 2.09. The molecule has 2 aromatic heterocycles. The first-order chi connectivity index (χ1) is 11.2. The molecule has 1 N–H and O–H groups in total. The third kappa shape index (κ3) is 3.60. The molecular formula is C17H13N5O. The normalized spacial score (nSPS) is 10.0. The molecule has 1 amide bonds. The van der Waals surface area contributed by atoms with E-state index in [9.17, 15) is 4.79 Å². The fourth-order valence-corrected chi connectivity index (χ4v) is 2.08. The average molecular weight is 303 g/mol. The van der Waals surface area contributed by atoms with Crippen LogP contribution in [0.25, 0.3) is 0 Å². The lowest BCUT2D eigenvalue weighted by atomic mass is 10.1. The van der Waals surface area contributed by atoms with E-state index in [-0.39, 0.29) is 5.91 Å². The van der Waals surface area contributed by atoms with Gasteiger partial charge < -0.3 is 5.32 Å². The van der Waals surface area contributed by atoms with Crippen molar-refractivity contribution in [3.63, 3.8) is 0 Å². The summed E-state index contributed by atoms with van der Waals surface area (Å²) in [6.07, 6.45) is 5.26. The van der Waals surface area contributed by atoms with E-state index in [2.05, 4.69) is 15.4 Å². The zero-order valence-corrected chi connectivity index (χ0v) is 12.2. The Morgan fingerprint density at radius 1 is 1.13 bits per heavy atom. The molecule has 6 heteroatoms. The second kappa shape index (κ2) is 6.54. The molecule has 0 aliphatic carbocycles. The predicted octanol–water partition coefficient (Wildman–Crippen LogP) is 2.45. The minimum atomic E-state index is -0.261. The van der Waals surface area contributed by atoms with Gasteiger partial charge in [0.25, 0.3) is 5.91 Å². The van der Waals surface area contributed by atoms with E-state index >= 15 is 0 Å². The van der Waals surface area contributed by atoms with Gasteiger partial charge in [0.15, 0.2) is 5.82 Å². The highest BCUT2D eigenvalue weighted by molar-refractivity contribution is 6.03. The molecule has 1 aromatic carbocycles. The minimum absolute atomic E-state index is 0.261. The van der Waals surface area contributed by atoms with Crippen molar-refractivity contribution in [2.75, 3.05) is 5.32 Å². The van der Waals surface area contributed by atoms with E-state index < -0.39 is 0 Å². The van der Waals surface area contributed by atoms with Gasteiger partial charge in [-0.15, -0.1) is 0 Å². The average Bonchev–Trinajstić information content (AvgIpc) is 3.02. The van der Waals surface area contributed by atoms with Gasteiger partial charge in [-0.2, -0.15) is 10.4 Å². The second-order valence-corrected chi connectivity index (χ2v) is 4.90. The summed E-state index contributed by atoms with van der Waals surface area (Å²) in [5.74, 6) is 0.220. The van der Waals surface area contributed by atoms with Crippen LogP contribution < -0.4 is 5.32 Å². The van der Waals surface area contributed by atoms with Gasteiger partial charge in [0.05, 0.1) is 18.2 Å². The summed E-state index contributed by atoms with van der Waals surface area (Å²) in [6.45, 7) is 0.606. The Bertz CT molecular complexity index is 847. The Hall–Kier alpha value is -3.46. The van der Waals surface area contributed by atoms with Crippen LogP contribution in [0.2, 0.25) is 0 Å². The molecule has 0 aliphatic heterocycles. The van der Waals surface area contributed by atoms with Crippen molar-refractivity contribution in [1.29, 1.82) is 5.26 Å². The van der Waals surface area contributed by atoms with E-state index in [1.807, 2.05) is 18.2 Å². The van der Waals surface area contributed by atoms with Crippen LogP contribution in [0, 0.1) is 11.3 Å². The first-order valence-electron chi connectivity index (χ1n) is 6.98. The summed E-state index contributed by atoms with van der Waals surface area (Å²) in [5, 5.41) is 15.8. The number of rotatable bonds is 4. The number of carbonyl (C=O) groups excluding carboxylic acids is 1. The summed E-state index contributed by atoms with van der Waals surface area (Å²) in [4.78, 5) is 16.1. The van der Waals surface area contributed by atoms with Crippen LogP contribution in [0.3, 0.4) is 0 Å². The van der Waals surface area contributed by atoms with Gasteiger partial charge in [-0.05, 0) is 42.0 Å². The number of nitrogens with zero attached hydrogens (tertiary/aromatic N) is 4. The highest BCUT2D eigenvalue weighted by Gasteiger charge is 2.08. The van der Waals surface area contributed by atoms with Gasteiger partial charge in [0.2, 0.25) is 0 Å². The van der Waals surface area contributed by atoms with E-state index in [1.165, 1.54) is 0 Å². The van der Waals surface area contributed by atoms with Crippen LogP contribution in [0.5, 0.6) is 0 Å². The first-order valence-corrected chi connectivity index (χ1v) is 6.98. The molecule has 112 valence electrons. The standard InChI is InChI=1S/C17H13N5O/c18-11-13-1-3-15(4-2-13)17(23)20-16-7-10-22(21-16)12-14-5-8-19-9-6-14/h1-10H,12H2,(H,20,21,23). The third-order valence-electron chi connectivity index (χ3n) is 3.25. The van der Waals surface area contributed by atoms with E-state index in [1.54, 1.807) is 53.6 Å². The molecule has 0 saturated heterocycles. The van der Waals surface area contributed by atoms with Crippen molar-refractivity contribution >= 4 is 11.7 Å². The van der Waals surface area contributed by atoms with Crippen LogP contribution in [-0.4, -0.2) is 20.7 Å². The van der Waals surface area contributed by atoms with Gasteiger partial charge in [-0.25, -0.2) is 0 Å². The lowest BCUT2D eigenvalue weighted by Gasteiger charge is -2.03. The van der Waals surface area contributed by atoms with Crippen LogP contribution in [0.4, 0.5) is 5.82 Å². The van der Waals surface area contributed by atoms with Gasteiger partial charge in [0.1, 0.15) is 0 Å². The number of hydrogen-bond donors (Lipinski definition) is 1. The molecule has 0 radical (unpaired) electrons. The van der Waals surface area contributed by atoms with Crippen LogP contribution in [0.15, 0.2) is 61.1 Å². The van der Waals surface area contributed by atoms with Crippen molar-refractivity contribution in [1.82, 2.24) is 14.8 Å². The fraction of sp³-hybridized carbons (Fsp3) is 0.0588. The molecule has 0 saturated carbocycles. The molecule has 6 nitrogen and oxygen atoms in total. The smallest absolute Gasteiger partial charge is 0.256 e. The third-order valence-corrected chi connectivity index (χ3v) is 3.25. The maximum absolute atomic E-state index is 12.1. The quantitative estimate of drug-likeness (QED) is 0.802. The summed E-state index contributed by atoms with van der Waals surface area (Å²) in [6, 6.07) is 14.0. The number of benzene rings is 1. The number of carbonyl (C=O) groups is 1. The number of hydrogen-bond acceptors (Lipinski definition) is 4. The van der Waals surface area contributed by atoms with E-state index in [0.717, 1.165) is 5.56 Å². The Labute approximate surface area is 133 Å². The monoisotopic (exact) mass is 303 g/mol. The molecule has 0 fully saturated rings. The Morgan fingerprint density at radius 2 is 1.87 bits per heavy atom. The predicted molar refractivity (Wildman–Crippen MR) is 84.7 cm³/mol. The number of aromatic nitrogens is 3. The van der Waals surface area contributed by atoms with E-state index in [4.69, 9.17) is 5.26 Å². The first kappa shape index (κ1) is 14.5. The zero-order valence-electron chi connectivity index (χ0n) is 12.2. The maximum Gasteiger partial charge on any atom is 0.256 e. The van der Waals surface area contributed by atoms with Crippen molar-refractivity contribution < 1.29 is 4.79 Å². The second-order valence-electron chi connectivity index (χ2n) is 4.90. The topological polar surface area (TPSA) is 83.6 Å². The number of nitrogens with one attached hydrogen (secondary N) is 1. The molecule has 2 heterocycles. The largest absolute Gasteiger partial charge is 0.305 e. The van der Waals surface area contributed by atoms with E-state index in [0.29, 0.717) is 23.5 Å². The Morgan fingerprint density at radius 3 is 2.57 bits per heavy atom. The summed E-state index contributed by atoms with van der Waals surface area (Å²) in [5.41, 5.74) is 2.07. The van der Waals surface area contributed by atoms with Gasteiger partial charge in [-0.1, -0.05) is 0 Å². The zero-order chi connectivity index (χ0) is 16.1. The molecular weight excluding hydrogens is 290 g/mol. The highest BCUT2D eigenvalue weighted by atomic mass is 16.1. The van der Waals surface area contributed by atoms with Crippen molar-refractivity contribution in [3.05, 3.63) is 77.7 Å². The summed E-state index contributed by atoms with van der Waals surface area (Å²) >= 11 is 0. The molecule has 23 heavy (non-hydrogen) atoms. The Kier molecular flexibility index (Phi) is 4.11. The summed E-state index contributed by atoms with van der Waals surface area (Å²) < 4.78 is 1.74. The van der Waals surface area contributed by atoms with Crippen molar-refractivity contribution in [2.24, 2.45) is 0 Å². The van der Waals surface area contributed by atoms with Crippen LogP contribution in [-0.2, 0) is 6.54 Å². The fourth-order valence-electron chi connectivity index (χ4n) is 2.08. The van der Waals surface area contributed by atoms with Gasteiger partial charge >= 0.3 is 0 Å². The van der Waals surface area contributed by atoms with Gasteiger partial charge in [-0.3, -0.25) is 14.5 Å². The maximum atomic E-state index is 12.1. The number of anilines is 1. The van der Waals surface area contributed by atoms with Crippen LogP contribution in [0.1, 0.15) is 21.5 Å². The molecule has 0 atom stereocenters. The number of amides is 1. The molecule has 0 unspecified atom stereocenters. The lowest BCUT2D eigenvalue weighted by molar-refractivity contribution is 0.102. The van der Waals surface area contributed by atoms with Gasteiger partial charge in [0, 0.05) is 30.2 Å². The van der Waals surface area contributed by atoms with Crippen molar-refractivity contribution in [2.45, 2.75) is 6.54 Å².